The van der Waals surface area contributed by atoms with Crippen molar-refractivity contribution < 1.29 is 22.7 Å². The zero-order valence-electron chi connectivity index (χ0n) is 13.0. The van der Waals surface area contributed by atoms with E-state index < -0.39 is 15.8 Å². The normalized spacial score (nSPS) is 20.7. The van der Waals surface area contributed by atoms with E-state index >= 15 is 0 Å². The number of esters is 1. The van der Waals surface area contributed by atoms with Crippen molar-refractivity contribution in [2.45, 2.75) is 25.8 Å². The first-order valence-electron chi connectivity index (χ1n) is 7.56. The number of hydrogen-bond acceptors (Lipinski definition) is 5. The summed E-state index contributed by atoms with van der Waals surface area (Å²) in [6.45, 7) is 1.49. The fraction of sp³-hybridized carbons (Fsp3) is 0.500. The first-order valence-corrected chi connectivity index (χ1v) is 9.38. The molecular weight excluding hydrogens is 318 g/mol. The number of hydrogen-bond donors (Lipinski definition) is 1. The van der Waals surface area contributed by atoms with Gasteiger partial charge < -0.3 is 10.1 Å². The minimum absolute atomic E-state index is 0.0271. The molecular formula is C16H21NO5S. The Labute approximate surface area is 136 Å². The van der Waals surface area contributed by atoms with Crippen molar-refractivity contribution in [1.82, 2.24) is 5.32 Å². The standard InChI is InChI=1S/C16H21NO5S/c1-12(14-5-3-2-4-6-14)17-15(18)10-22-16(19)9-13-7-8-23(20,21)11-13/h2-6,12-13H,7-11H2,1H3,(H,17,18)/t12-,13-/m1/s1. The molecule has 1 saturated heterocycles. The van der Waals surface area contributed by atoms with Crippen LogP contribution in [-0.2, 0) is 24.2 Å². The molecule has 2 atom stereocenters. The van der Waals surface area contributed by atoms with Crippen LogP contribution < -0.4 is 5.32 Å². The summed E-state index contributed by atoms with van der Waals surface area (Å²) in [7, 11) is -3.01. The number of carbonyl (C=O) groups is 2. The average Bonchev–Trinajstić information content (AvgIpc) is 2.85. The van der Waals surface area contributed by atoms with Crippen LogP contribution in [0.25, 0.3) is 0 Å². The van der Waals surface area contributed by atoms with E-state index in [0.29, 0.717) is 6.42 Å². The molecule has 1 aliphatic rings. The van der Waals surface area contributed by atoms with Crippen molar-refractivity contribution in [3.63, 3.8) is 0 Å². The Morgan fingerprint density at radius 1 is 1.30 bits per heavy atom. The van der Waals surface area contributed by atoms with E-state index in [2.05, 4.69) is 5.32 Å². The van der Waals surface area contributed by atoms with Crippen LogP contribution in [0.4, 0.5) is 0 Å². The Morgan fingerprint density at radius 3 is 2.61 bits per heavy atom. The molecule has 1 aliphatic heterocycles. The van der Waals surface area contributed by atoms with Gasteiger partial charge in [0.05, 0.1) is 17.5 Å². The first kappa shape index (κ1) is 17.5. The smallest absolute Gasteiger partial charge is 0.306 e. The summed E-state index contributed by atoms with van der Waals surface area (Å²) in [5.41, 5.74) is 0.961. The lowest BCUT2D eigenvalue weighted by atomic mass is 10.1. The van der Waals surface area contributed by atoms with E-state index in [1.165, 1.54) is 0 Å². The van der Waals surface area contributed by atoms with Gasteiger partial charge >= 0.3 is 5.97 Å². The maximum atomic E-state index is 11.8. The van der Waals surface area contributed by atoms with Crippen molar-refractivity contribution in [3.8, 4) is 0 Å². The number of sulfone groups is 1. The van der Waals surface area contributed by atoms with Crippen LogP contribution in [0.5, 0.6) is 0 Å². The number of ether oxygens (including phenoxy) is 1. The largest absolute Gasteiger partial charge is 0.456 e. The molecule has 7 heteroatoms. The highest BCUT2D eigenvalue weighted by atomic mass is 32.2. The zero-order valence-corrected chi connectivity index (χ0v) is 13.8. The molecule has 23 heavy (non-hydrogen) atoms. The van der Waals surface area contributed by atoms with Gasteiger partial charge in [-0.2, -0.15) is 0 Å². The molecule has 2 rings (SSSR count). The van der Waals surface area contributed by atoms with Crippen molar-refractivity contribution in [1.29, 1.82) is 0 Å². The molecule has 1 N–H and O–H groups in total. The maximum absolute atomic E-state index is 11.8. The summed E-state index contributed by atoms with van der Waals surface area (Å²) >= 11 is 0. The third kappa shape index (κ3) is 5.67. The second-order valence-electron chi connectivity index (χ2n) is 5.83. The topological polar surface area (TPSA) is 89.5 Å². The van der Waals surface area contributed by atoms with E-state index in [1.54, 1.807) is 0 Å². The lowest BCUT2D eigenvalue weighted by Gasteiger charge is -2.14. The van der Waals surface area contributed by atoms with E-state index in [-0.39, 0.29) is 42.4 Å². The van der Waals surface area contributed by atoms with Gasteiger partial charge in [-0.05, 0) is 24.8 Å². The SMILES string of the molecule is C[C@@H](NC(=O)COC(=O)C[C@H]1CCS(=O)(=O)C1)c1ccccc1. The lowest BCUT2D eigenvalue weighted by Crippen LogP contribution is -2.31. The molecule has 1 fully saturated rings. The van der Waals surface area contributed by atoms with Gasteiger partial charge in [0, 0.05) is 6.42 Å². The molecule has 1 heterocycles. The first-order chi connectivity index (χ1) is 10.9. The Morgan fingerprint density at radius 2 is 2.00 bits per heavy atom. The van der Waals surface area contributed by atoms with Crippen LogP contribution in [0.1, 0.15) is 31.4 Å². The number of benzene rings is 1. The number of carbonyl (C=O) groups excluding carboxylic acids is 2. The molecule has 1 amide bonds. The highest BCUT2D eigenvalue weighted by Crippen LogP contribution is 2.21. The Kier molecular flexibility index (Phi) is 5.76. The molecule has 6 nitrogen and oxygen atoms in total. The van der Waals surface area contributed by atoms with Crippen molar-refractivity contribution >= 4 is 21.7 Å². The number of rotatable bonds is 6. The van der Waals surface area contributed by atoms with Crippen LogP contribution in [0.2, 0.25) is 0 Å². The Balaban J connectivity index is 1.71. The monoisotopic (exact) mass is 339 g/mol. The minimum atomic E-state index is -3.01. The highest BCUT2D eigenvalue weighted by molar-refractivity contribution is 7.91. The quantitative estimate of drug-likeness (QED) is 0.788. The fourth-order valence-electron chi connectivity index (χ4n) is 2.58. The average molecular weight is 339 g/mol. The molecule has 1 aromatic rings. The van der Waals surface area contributed by atoms with Crippen LogP contribution in [-0.4, -0.2) is 38.4 Å². The second-order valence-corrected chi connectivity index (χ2v) is 8.06. The fourth-order valence-corrected chi connectivity index (χ4v) is 4.44. The summed E-state index contributed by atoms with van der Waals surface area (Å²) < 4.78 is 27.6. The van der Waals surface area contributed by atoms with Crippen LogP contribution in [0, 0.1) is 5.92 Å². The molecule has 0 bridgehead atoms. The summed E-state index contributed by atoms with van der Waals surface area (Å²) in [6.07, 6.45) is 0.523. The van der Waals surface area contributed by atoms with Crippen molar-refractivity contribution in [3.05, 3.63) is 35.9 Å². The van der Waals surface area contributed by atoms with Crippen LogP contribution >= 0.6 is 0 Å². The summed E-state index contributed by atoms with van der Waals surface area (Å²) in [4.78, 5) is 23.5. The molecule has 0 spiro atoms. The highest BCUT2D eigenvalue weighted by Gasteiger charge is 2.30. The second kappa shape index (κ2) is 7.59. The van der Waals surface area contributed by atoms with E-state index in [4.69, 9.17) is 4.74 Å². The molecule has 126 valence electrons. The van der Waals surface area contributed by atoms with E-state index in [1.807, 2.05) is 37.3 Å². The predicted molar refractivity (Wildman–Crippen MR) is 85.3 cm³/mol. The van der Waals surface area contributed by atoms with Gasteiger partial charge in [0.15, 0.2) is 16.4 Å². The van der Waals surface area contributed by atoms with Gasteiger partial charge in [-0.1, -0.05) is 30.3 Å². The van der Waals surface area contributed by atoms with Gasteiger partial charge in [-0.25, -0.2) is 8.42 Å². The Bertz CT molecular complexity index is 656. The lowest BCUT2D eigenvalue weighted by molar-refractivity contribution is -0.149. The van der Waals surface area contributed by atoms with Gasteiger partial charge in [-0.15, -0.1) is 0 Å². The molecule has 0 radical (unpaired) electrons. The zero-order chi connectivity index (χ0) is 16.9. The van der Waals surface area contributed by atoms with Crippen LogP contribution in [0.3, 0.4) is 0 Å². The summed E-state index contributed by atoms with van der Waals surface area (Å²) in [5.74, 6) is -0.957. The molecule has 0 saturated carbocycles. The molecule has 0 aliphatic carbocycles. The summed E-state index contributed by atoms with van der Waals surface area (Å²) in [5, 5.41) is 2.75. The predicted octanol–water partition coefficient (Wildman–Crippen LogP) is 1.23. The van der Waals surface area contributed by atoms with Gasteiger partial charge in [0.2, 0.25) is 0 Å². The molecule has 1 aromatic carbocycles. The third-order valence-electron chi connectivity index (χ3n) is 3.82. The minimum Gasteiger partial charge on any atom is -0.456 e. The van der Waals surface area contributed by atoms with Crippen molar-refractivity contribution in [2.75, 3.05) is 18.1 Å². The third-order valence-corrected chi connectivity index (χ3v) is 5.66. The molecule has 0 aromatic heterocycles. The van der Waals surface area contributed by atoms with Crippen LogP contribution in [0.15, 0.2) is 30.3 Å². The van der Waals surface area contributed by atoms with Gasteiger partial charge in [0.25, 0.3) is 5.91 Å². The summed E-state index contributed by atoms with van der Waals surface area (Å²) in [6, 6.07) is 9.28. The van der Waals surface area contributed by atoms with E-state index in [0.717, 1.165) is 5.56 Å². The Hall–Kier alpha value is -1.89. The van der Waals surface area contributed by atoms with E-state index in [9.17, 15) is 18.0 Å². The number of amides is 1. The van der Waals surface area contributed by atoms with Crippen molar-refractivity contribution in [2.24, 2.45) is 5.92 Å². The molecule has 0 unspecified atom stereocenters. The number of nitrogens with one attached hydrogen (secondary N) is 1. The van der Waals surface area contributed by atoms with Gasteiger partial charge in [-0.3, -0.25) is 9.59 Å². The van der Waals surface area contributed by atoms with Gasteiger partial charge in [0.1, 0.15) is 0 Å². The maximum Gasteiger partial charge on any atom is 0.306 e.